The fraction of sp³-hybridized carbons (Fsp3) is 0.375. The highest BCUT2D eigenvalue weighted by Crippen LogP contribution is 2.27. The summed E-state index contributed by atoms with van der Waals surface area (Å²) in [5.41, 5.74) is 8.80. The normalized spacial score (nSPS) is 20.5. The highest BCUT2D eigenvalue weighted by atomic mass is 35.5. The van der Waals surface area contributed by atoms with Crippen LogP contribution in [0.5, 0.6) is 0 Å². The number of carbonyl (C=O) groups excluding carboxylic acids is 1. The second-order valence-electron chi connectivity index (χ2n) is 5.63. The van der Waals surface area contributed by atoms with Crippen LogP contribution in [0.15, 0.2) is 29.6 Å². The molecule has 3 rings (SSSR count). The number of anilines is 1. The first-order valence-corrected chi connectivity index (χ1v) is 8.09. The van der Waals surface area contributed by atoms with Crippen molar-refractivity contribution in [3.05, 3.63) is 35.3 Å². The largest absolute Gasteiger partial charge is 0.328 e. The number of amides is 1. The first kappa shape index (κ1) is 16.9. The average molecular weight is 338 g/mol. The quantitative estimate of drug-likeness (QED) is 0.899. The molecule has 0 radical (unpaired) electrons. The Labute approximate surface area is 140 Å². The second kappa shape index (κ2) is 7.22. The van der Waals surface area contributed by atoms with E-state index >= 15 is 0 Å². The zero-order valence-electron chi connectivity index (χ0n) is 12.4. The number of aromatic nitrogens is 1. The molecule has 2 unspecified atom stereocenters. The van der Waals surface area contributed by atoms with E-state index in [9.17, 15) is 4.79 Å². The van der Waals surface area contributed by atoms with Crippen LogP contribution >= 0.6 is 23.7 Å². The lowest BCUT2D eigenvalue weighted by molar-refractivity contribution is -0.119. The number of carbonyl (C=O) groups is 1. The molecule has 2 aromatic rings. The molecule has 1 amide bonds. The molecule has 22 heavy (non-hydrogen) atoms. The minimum atomic E-state index is 0. The fourth-order valence-corrected chi connectivity index (χ4v) is 3.49. The molecule has 6 heteroatoms. The van der Waals surface area contributed by atoms with Crippen molar-refractivity contribution < 1.29 is 4.79 Å². The third kappa shape index (κ3) is 3.85. The van der Waals surface area contributed by atoms with Gasteiger partial charge in [-0.15, -0.1) is 23.7 Å². The summed E-state index contributed by atoms with van der Waals surface area (Å²) >= 11 is 1.63. The Morgan fingerprint density at radius 3 is 2.59 bits per heavy atom. The summed E-state index contributed by atoms with van der Waals surface area (Å²) in [4.78, 5) is 16.6. The number of benzene rings is 1. The van der Waals surface area contributed by atoms with Gasteiger partial charge in [-0.3, -0.25) is 4.79 Å². The number of thiazole rings is 1. The SMILES string of the molecule is Cc1csc(-c2ccc(NC(=O)C3CCC(N)C3)cc2)n1.Cl. The molecule has 1 heterocycles. The van der Waals surface area contributed by atoms with Gasteiger partial charge >= 0.3 is 0 Å². The maximum absolute atomic E-state index is 12.1. The highest BCUT2D eigenvalue weighted by molar-refractivity contribution is 7.13. The third-order valence-corrected chi connectivity index (χ3v) is 4.87. The van der Waals surface area contributed by atoms with Gasteiger partial charge in [0.2, 0.25) is 5.91 Å². The van der Waals surface area contributed by atoms with Crippen molar-refractivity contribution >= 4 is 35.3 Å². The zero-order chi connectivity index (χ0) is 14.8. The van der Waals surface area contributed by atoms with Gasteiger partial charge in [-0.25, -0.2) is 4.98 Å². The minimum Gasteiger partial charge on any atom is -0.328 e. The molecular weight excluding hydrogens is 318 g/mol. The van der Waals surface area contributed by atoms with Gasteiger partial charge in [0.1, 0.15) is 5.01 Å². The Morgan fingerprint density at radius 2 is 2.05 bits per heavy atom. The third-order valence-electron chi connectivity index (χ3n) is 3.86. The lowest BCUT2D eigenvalue weighted by atomic mass is 10.1. The van der Waals surface area contributed by atoms with Gasteiger partial charge in [0.25, 0.3) is 0 Å². The van der Waals surface area contributed by atoms with Gasteiger partial charge in [0, 0.05) is 34.3 Å². The summed E-state index contributed by atoms with van der Waals surface area (Å²) in [5.74, 6) is 0.141. The molecule has 0 saturated heterocycles. The Morgan fingerprint density at radius 1 is 1.32 bits per heavy atom. The molecule has 1 aromatic heterocycles. The van der Waals surface area contributed by atoms with Crippen molar-refractivity contribution in [2.45, 2.75) is 32.2 Å². The molecule has 1 aliphatic carbocycles. The number of nitrogens with two attached hydrogens (primary N) is 1. The lowest BCUT2D eigenvalue weighted by Crippen LogP contribution is -2.23. The monoisotopic (exact) mass is 337 g/mol. The second-order valence-corrected chi connectivity index (χ2v) is 6.49. The molecule has 1 fully saturated rings. The molecule has 118 valence electrons. The van der Waals surface area contributed by atoms with E-state index in [-0.39, 0.29) is 30.3 Å². The molecule has 0 aliphatic heterocycles. The average Bonchev–Trinajstić information content (AvgIpc) is 3.08. The molecule has 3 N–H and O–H groups in total. The number of rotatable bonds is 3. The number of aryl methyl sites for hydroxylation is 1. The summed E-state index contributed by atoms with van der Waals surface area (Å²) in [5, 5.41) is 6.02. The van der Waals surface area contributed by atoms with E-state index in [1.54, 1.807) is 11.3 Å². The summed E-state index contributed by atoms with van der Waals surface area (Å²) in [6.07, 6.45) is 2.63. The van der Waals surface area contributed by atoms with Crippen LogP contribution in [0.3, 0.4) is 0 Å². The lowest BCUT2D eigenvalue weighted by Gasteiger charge is -2.11. The number of halogens is 1. The zero-order valence-corrected chi connectivity index (χ0v) is 14.0. The Balaban J connectivity index is 0.00000176. The minimum absolute atomic E-state index is 0. The van der Waals surface area contributed by atoms with Gasteiger partial charge < -0.3 is 11.1 Å². The predicted molar refractivity (Wildman–Crippen MR) is 93.5 cm³/mol. The molecular formula is C16H20ClN3OS. The van der Waals surface area contributed by atoms with Crippen molar-refractivity contribution in [2.24, 2.45) is 11.7 Å². The summed E-state index contributed by atoms with van der Waals surface area (Å²) in [6.45, 7) is 1.99. The van der Waals surface area contributed by atoms with Crippen molar-refractivity contribution in [2.75, 3.05) is 5.32 Å². The van der Waals surface area contributed by atoms with E-state index < -0.39 is 0 Å². The van der Waals surface area contributed by atoms with Crippen LogP contribution in [0.4, 0.5) is 5.69 Å². The molecule has 1 aromatic carbocycles. The van der Waals surface area contributed by atoms with Crippen LogP contribution in [0.1, 0.15) is 25.0 Å². The smallest absolute Gasteiger partial charge is 0.227 e. The van der Waals surface area contributed by atoms with E-state index in [1.807, 2.05) is 36.6 Å². The van der Waals surface area contributed by atoms with Crippen molar-refractivity contribution in [3.8, 4) is 10.6 Å². The summed E-state index contributed by atoms with van der Waals surface area (Å²) in [6, 6.07) is 8.02. The topological polar surface area (TPSA) is 68.0 Å². The van der Waals surface area contributed by atoms with E-state index in [1.165, 1.54) is 0 Å². The van der Waals surface area contributed by atoms with E-state index in [2.05, 4.69) is 10.3 Å². The summed E-state index contributed by atoms with van der Waals surface area (Å²) < 4.78 is 0. The standard InChI is InChI=1S/C16H19N3OS.ClH/c1-10-9-21-16(18-10)11-3-6-14(7-4-11)19-15(20)12-2-5-13(17)8-12;/h3-4,6-7,9,12-13H,2,5,8,17H2,1H3,(H,19,20);1H. The molecule has 2 atom stereocenters. The van der Waals surface area contributed by atoms with Crippen LogP contribution in [0.2, 0.25) is 0 Å². The van der Waals surface area contributed by atoms with Gasteiger partial charge in [0.15, 0.2) is 0 Å². The van der Waals surface area contributed by atoms with Crippen molar-refractivity contribution in [3.63, 3.8) is 0 Å². The number of nitrogens with one attached hydrogen (secondary N) is 1. The van der Waals surface area contributed by atoms with Gasteiger partial charge in [-0.2, -0.15) is 0 Å². The van der Waals surface area contributed by atoms with Crippen LogP contribution < -0.4 is 11.1 Å². The number of nitrogens with zero attached hydrogens (tertiary/aromatic N) is 1. The van der Waals surface area contributed by atoms with Crippen LogP contribution in [-0.2, 0) is 4.79 Å². The Kier molecular flexibility index (Phi) is 5.56. The van der Waals surface area contributed by atoms with Crippen LogP contribution in [0.25, 0.3) is 10.6 Å². The van der Waals surface area contributed by atoms with Gasteiger partial charge in [-0.05, 0) is 50.5 Å². The Bertz CT molecular complexity index is 641. The number of hydrogen-bond acceptors (Lipinski definition) is 4. The molecule has 0 bridgehead atoms. The predicted octanol–water partition coefficient (Wildman–Crippen LogP) is 3.61. The fourth-order valence-electron chi connectivity index (χ4n) is 2.68. The van der Waals surface area contributed by atoms with E-state index in [0.29, 0.717) is 0 Å². The maximum atomic E-state index is 12.1. The van der Waals surface area contributed by atoms with E-state index in [4.69, 9.17) is 5.73 Å². The van der Waals surface area contributed by atoms with Gasteiger partial charge in [-0.1, -0.05) is 0 Å². The molecule has 4 nitrogen and oxygen atoms in total. The van der Waals surface area contributed by atoms with Crippen molar-refractivity contribution in [1.29, 1.82) is 0 Å². The van der Waals surface area contributed by atoms with Gasteiger partial charge in [0.05, 0.1) is 0 Å². The maximum Gasteiger partial charge on any atom is 0.227 e. The Hall–Kier alpha value is -1.43. The molecule has 1 saturated carbocycles. The van der Waals surface area contributed by atoms with E-state index in [0.717, 1.165) is 41.2 Å². The van der Waals surface area contributed by atoms with Crippen LogP contribution in [0, 0.1) is 12.8 Å². The molecule has 1 aliphatic rings. The van der Waals surface area contributed by atoms with Crippen molar-refractivity contribution in [1.82, 2.24) is 4.98 Å². The highest BCUT2D eigenvalue weighted by Gasteiger charge is 2.27. The first-order chi connectivity index (χ1) is 10.1. The summed E-state index contributed by atoms with van der Waals surface area (Å²) in [7, 11) is 0. The molecule has 0 spiro atoms. The van der Waals surface area contributed by atoms with Crippen LogP contribution in [-0.4, -0.2) is 16.9 Å². The number of hydrogen-bond donors (Lipinski definition) is 2. The first-order valence-electron chi connectivity index (χ1n) is 7.21.